The van der Waals surface area contributed by atoms with Crippen LogP contribution < -0.4 is 5.32 Å². The average molecular weight is 319 g/mol. The highest BCUT2D eigenvalue weighted by Gasteiger charge is 2.55. The van der Waals surface area contributed by atoms with Gasteiger partial charge in [-0.05, 0) is 69.3 Å². The number of nitrogens with one attached hydrogen (secondary N) is 1. The van der Waals surface area contributed by atoms with E-state index in [1.165, 1.54) is 12.8 Å². The van der Waals surface area contributed by atoms with Gasteiger partial charge in [-0.15, -0.1) is 0 Å². The number of rotatable bonds is 4. The molecule has 3 nitrogen and oxygen atoms in total. The first kappa shape index (κ1) is 14.5. The van der Waals surface area contributed by atoms with Crippen LogP contribution >= 0.6 is 11.6 Å². The summed E-state index contributed by atoms with van der Waals surface area (Å²) in [6.07, 6.45) is 6.54. The second-order valence-corrected chi connectivity index (χ2v) is 7.45. The zero-order valence-corrected chi connectivity index (χ0v) is 13.6. The Kier molecular flexibility index (Phi) is 3.66. The standard InChI is InChI=1S/C18H23ClN2O/c19-14-3-1-13(2-4-14)18(9-10-18)17(22)21(15-5-6-15)16-7-11-20-12-8-16/h1-4,15-16,20H,5-12H2. The molecule has 0 atom stereocenters. The molecule has 22 heavy (non-hydrogen) atoms. The van der Waals surface area contributed by atoms with Crippen LogP contribution in [0.4, 0.5) is 0 Å². The smallest absolute Gasteiger partial charge is 0.233 e. The molecule has 0 spiro atoms. The molecular weight excluding hydrogens is 296 g/mol. The highest BCUT2D eigenvalue weighted by Crippen LogP contribution is 2.51. The van der Waals surface area contributed by atoms with E-state index in [4.69, 9.17) is 11.6 Å². The minimum absolute atomic E-state index is 0.252. The Labute approximate surface area is 137 Å². The molecule has 1 aromatic carbocycles. The predicted octanol–water partition coefficient (Wildman–Crippen LogP) is 3.11. The number of carbonyl (C=O) groups excluding carboxylic acids is 1. The van der Waals surface area contributed by atoms with E-state index >= 15 is 0 Å². The Morgan fingerprint density at radius 2 is 1.64 bits per heavy atom. The van der Waals surface area contributed by atoms with Crippen molar-refractivity contribution in [3.8, 4) is 0 Å². The van der Waals surface area contributed by atoms with Crippen molar-refractivity contribution >= 4 is 17.5 Å². The first-order chi connectivity index (χ1) is 10.7. The Morgan fingerprint density at radius 1 is 1.05 bits per heavy atom. The molecule has 118 valence electrons. The molecule has 0 aromatic heterocycles. The van der Waals surface area contributed by atoms with E-state index in [-0.39, 0.29) is 5.41 Å². The second-order valence-electron chi connectivity index (χ2n) is 7.01. The van der Waals surface area contributed by atoms with Crippen LogP contribution in [0.2, 0.25) is 5.02 Å². The van der Waals surface area contributed by atoms with E-state index in [1.54, 1.807) is 0 Å². The third-order valence-corrected chi connectivity index (χ3v) is 5.69. The quantitative estimate of drug-likeness (QED) is 0.925. The molecular formula is C18H23ClN2O. The number of hydrogen-bond acceptors (Lipinski definition) is 2. The summed E-state index contributed by atoms with van der Waals surface area (Å²) >= 11 is 6.00. The van der Waals surface area contributed by atoms with Gasteiger partial charge in [-0.2, -0.15) is 0 Å². The molecule has 3 aliphatic rings. The topological polar surface area (TPSA) is 32.3 Å². The maximum absolute atomic E-state index is 13.4. The van der Waals surface area contributed by atoms with Crippen LogP contribution in [0.1, 0.15) is 44.1 Å². The molecule has 0 unspecified atom stereocenters. The minimum atomic E-state index is -0.252. The van der Waals surface area contributed by atoms with Gasteiger partial charge in [0, 0.05) is 17.1 Å². The Bertz CT molecular complexity index is 557. The maximum Gasteiger partial charge on any atom is 0.233 e. The first-order valence-corrected chi connectivity index (χ1v) is 8.88. The van der Waals surface area contributed by atoms with Crippen molar-refractivity contribution in [2.45, 2.75) is 56.0 Å². The molecule has 1 aromatic rings. The van der Waals surface area contributed by atoms with Gasteiger partial charge in [0.2, 0.25) is 5.91 Å². The van der Waals surface area contributed by atoms with E-state index in [0.29, 0.717) is 18.0 Å². The molecule has 1 N–H and O–H groups in total. The van der Waals surface area contributed by atoms with Crippen molar-refractivity contribution in [2.24, 2.45) is 0 Å². The van der Waals surface area contributed by atoms with Crippen LogP contribution in [-0.2, 0) is 10.2 Å². The van der Waals surface area contributed by atoms with Crippen molar-refractivity contribution < 1.29 is 4.79 Å². The highest BCUT2D eigenvalue weighted by atomic mass is 35.5. The van der Waals surface area contributed by atoms with Gasteiger partial charge < -0.3 is 10.2 Å². The summed E-state index contributed by atoms with van der Waals surface area (Å²) in [6, 6.07) is 8.85. The molecule has 4 heteroatoms. The van der Waals surface area contributed by atoms with E-state index in [9.17, 15) is 4.79 Å². The molecule has 1 saturated heterocycles. The number of carbonyl (C=O) groups is 1. The average Bonchev–Trinajstić information content (AvgIpc) is 3.43. The van der Waals surface area contributed by atoms with Gasteiger partial charge in [0.05, 0.1) is 5.41 Å². The molecule has 1 aliphatic heterocycles. The molecule has 2 saturated carbocycles. The summed E-state index contributed by atoms with van der Waals surface area (Å²) in [5.41, 5.74) is 0.902. The molecule has 3 fully saturated rings. The largest absolute Gasteiger partial charge is 0.336 e. The normalized spacial score (nSPS) is 24.0. The lowest BCUT2D eigenvalue weighted by Gasteiger charge is -2.37. The lowest BCUT2D eigenvalue weighted by atomic mass is 9.92. The van der Waals surface area contributed by atoms with Crippen LogP contribution in [0.3, 0.4) is 0 Å². The summed E-state index contributed by atoms with van der Waals surface area (Å²) < 4.78 is 0. The summed E-state index contributed by atoms with van der Waals surface area (Å²) in [5, 5.41) is 4.15. The zero-order valence-electron chi connectivity index (χ0n) is 12.9. The van der Waals surface area contributed by atoms with Crippen LogP contribution in [0.25, 0.3) is 0 Å². The lowest BCUT2D eigenvalue weighted by Crippen LogP contribution is -2.50. The number of halogens is 1. The number of hydrogen-bond donors (Lipinski definition) is 1. The first-order valence-electron chi connectivity index (χ1n) is 8.50. The van der Waals surface area contributed by atoms with Gasteiger partial charge in [0.15, 0.2) is 0 Å². The van der Waals surface area contributed by atoms with Crippen molar-refractivity contribution in [1.29, 1.82) is 0 Å². The monoisotopic (exact) mass is 318 g/mol. The predicted molar refractivity (Wildman–Crippen MR) is 88.1 cm³/mol. The molecule has 1 amide bonds. The third kappa shape index (κ3) is 2.55. The van der Waals surface area contributed by atoms with Gasteiger partial charge in [0.1, 0.15) is 0 Å². The summed E-state index contributed by atoms with van der Waals surface area (Å²) in [4.78, 5) is 15.6. The molecule has 2 aliphatic carbocycles. The summed E-state index contributed by atoms with van der Waals surface area (Å²) in [5.74, 6) is 0.379. The fraction of sp³-hybridized carbons (Fsp3) is 0.611. The van der Waals surface area contributed by atoms with Crippen LogP contribution in [0.15, 0.2) is 24.3 Å². The molecule has 0 radical (unpaired) electrons. The van der Waals surface area contributed by atoms with Gasteiger partial charge in [-0.25, -0.2) is 0 Å². The van der Waals surface area contributed by atoms with E-state index < -0.39 is 0 Å². The van der Waals surface area contributed by atoms with Gasteiger partial charge in [-0.1, -0.05) is 23.7 Å². The SMILES string of the molecule is O=C(N(C1CCNCC1)C1CC1)C1(c2ccc(Cl)cc2)CC1. The van der Waals surface area contributed by atoms with Crippen molar-refractivity contribution in [3.05, 3.63) is 34.9 Å². The number of benzene rings is 1. The lowest BCUT2D eigenvalue weighted by molar-refractivity contribution is -0.137. The van der Waals surface area contributed by atoms with E-state index in [0.717, 1.165) is 49.4 Å². The van der Waals surface area contributed by atoms with Crippen LogP contribution in [0.5, 0.6) is 0 Å². The Morgan fingerprint density at radius 3 is 2.18 bits per heavy atom. The van der Waals surface area contributed by atoms with E-state index in [2.05, 4.69) is 10.2 Å². The van der Waals surface area contributed by atoms with E-state index in [1.807, 2.05) is 24.3 Å². The Balaban J connectivity index is 1.59. The number of nitrogens with zero attached hydrogens (tertiary/aromatic N) is 1. The minimum Gasteiger partial charge on any atom is -0.336 e. The maximum atomic E-state index is 13.4. The number of piperidine rings is 1. The van der Waals surface area contributed by atoms with Crippen LogP contribution in [-0.4, -0.2) is 36.0 Å². The van der Waals surface area contributed by atoms with Crippen molar-refractivity contribution in [1.82, 2.24) is 10.2 Å². The number of amides is 1. The van der Waals surface area contributed by atoms with Crippen LogP contribution in [0, 0.1) is 0 Å². The zero-order chi connectivity index (χ0) is 15.2. The second kappa shape index (κ2) is 5.54. The van der Waals surface area contributed by atoms with Gasteiger partial charge in [0.25, 0.3) is 0 Å². The highest BCUT2D eigenvalue weighted by molar-refractivity contribution is 6.30. The third-order valence-electron chi connectivity index (χ3n) is 5.43. The molecule has 4 rings (SSSR count). The summed E-state index contributed by atoms with van der Waals surface area (Å²) in [7, 11) is 0. The van der Waals surface area contributed by atoms with Gasteiger partial charge >= 0.3 is 0 Å². The molecule has 0 bridgehead atoms. The Hall–Kier alpha value is -1.06. The van der Waals surface area contributed by atoms with Crippen molar-refractivity contribution in [2.75, 3.05) is 13.1 Å². The van der Waals surface area contributed by atoms with Gasteiger partial charge in [-0.3, -0.25) is 4.79 Å². The fourth-order valence-electron chi connectivity index (χ4n) is 3.83. The van der Waals surface area contributed by atoms with Crippen molar-refractivity contribution in [3.63, 3.8) is 0 Å². The molecule has 1 heterocycles. The fourth-order valence-corrected chi connectivity index (χ4v) is 3.96. The summed E-state index contributed by atoms with van der Waals surface area (Å²) in [6.45, 7) is 2.07.